The molecule has 3 fully saturated rings. The van der Waals surface area contributed by atoms with Crippen LogP contribution in [0.2, 0.25) is 0 Å². The Kier molecular flexibility index (Phi) is 8.13. The van der Waals surface area contributed by atoms with Gasteiger partial charge >= 0.3 is 0 Å². The first-order valence-corrected chi connectivity index (χ1v) is 15.5. The number of benzene rings is 1. The molecule has 3 aliphatic rings. The molecule has 208 valence electrons. The Balaban J connectivity index is 1.58. The summed E-state index contributed by atoms with van der Waals surface area (Å²) in [5, 5.41) is 21.5. The Morgan fingerprint density at radius 3 is 2.42 bits per heavy atom. The molecule has 2 N–H and O–H groups in total. The number of rotatable bonds is 9. The summed E-state index contributed by atoms with van der Waals surface area (Å²) >= 11 is 0. The predicted octanol–water partition coefficient (Wildman–Crippen LogP) is 4.33. The van der Waals surface area contributed by atoms with Crippen molar-refractivity contribution in [2.75, 3.05) is 6.54 Å². The summed E-state index contributed by atoms with van der Waals surface area (Å²) in [6, 6.07) is 6.94. The number of carbonyl (C=O) groups excluding carboxylic acids is 2. The number of nitrogens with one attached hydrogen (secondary N) is 1. The largest absolute Gasteiger partial charge is 0.507 e. The smallest absolute Gasteiger partial charge is 0.244 e. The fourth-order valence-electron chi connectivity index (χ4n) is 6.12. The van der Waals surface area contributed by atoms with Gasteiger partial charge in [-0.25, -0.2) is 8.42 Å². The first kappa shape index (κ1) is 28.4. The predicted molar refractivity (Wildman–Crippen MR) is 144 cm³/mol. The van der Waals surface area contributed by atoms with Gasteiger partial charge in [0.1, 0.15) is 22.2 Å². The van der Waals surface area contributed by atoms with E-state index >= 15 is 0 Å². The van der Waals surface area contributed by atoms with Crippen molar-refractivity contribution >= 4 is 21.7 Å². The van der Waals surface area contributed by atoms with E-state index in [1.54, 1.807) is 12.1 Å². The molecule has 1 aromatic rings. The number of nitrogens with zero attached hydrogens (tertiary/aromatic N) is 2. The highest BCUT2D eigenvalue weighted by atomic mass is 32.2. The lowest BCUT2D eigenvalue weighted by Gasteiger charge is -2.36. The average Bonchev–Trinajstić information content (AvgIpc) is 3.49. The van der Waals surface area contributed by atoms with E-state index in [-0.39, 0.29) is 35.4 Å². The number of para-hydroxylation sites is 1. The molecule has 0 aromatic heterocycles. The SMILES string of the molecule is CCCC(CC1CCC(C)(C)CC1)C(=O)N1C[C@H](S(=O)(=O)c2ccccc2O)C[C@H]1C(=O)NC1(C#N)CC1. The molecule has 2 aliphatic carbocycles. The Hall–Kier alpha value is -2.60. The minimum Gasteiger partial charge on any atom is -0.507 e. The summed E-state index contributed by atoms with van der Waals surface area (Å²) in [7, 11) is -4.00. The summed E-state index contributed by atoms with van der Waals surface area (Å²) in [5.41, 5.74) is -0.596. The van der Waals surface area contributed by atoms with Crippen LogP contribution in [0.15, 0.2) is 29.2 Å². The monoisotopic (exact) mass is 543 g/mol. The van der Waals surface area contributed by atoms with Gasteiger partial charge in [-0.1, -0.05) is 39.3 Å². The van der Waals surface area contributed by atoms with Crippen LogP contribution in [0.4, 0.5) is 0 Å². The van der Waals surface area contributed by atoms with Crippen LogP contribution in [0.5, 0.6) is 5.75 Å². The first-order valence-electron chi connectivity index (χ1n) is 14.0. The van der Waals surface area contributed by atoms with E-state index in [0.717, 1.165) is 38.5 Å². The third kappa shape index (κ3) is 6.01. The van der Waals surface area contributed by atoms with Crippen molar-refractivity contribution in [3.8, 4) is 11.8 Å². The van der Waals surface area contributed by atoms with E-state index in [1.807, 2.05) is 6.92 Å². The van der Waals surface area contributed by atoms with Gasteiger partial charge in [0, 0.05) is 12.5 Å². The standard InChI is InChI=1S/C29H41N3O5S/c1-4-7-21(16-20-10-12-28(2,3)13-11-20)27(35)32-18-22(38(36,37)25-9-6-5-8-24(25)33)17-23(32)26(34)31-29(19-30)14-15-29/h5-6,8-9,20-23,33H,4,7,10-18H2,1-3H3,(H,31,34)/t21?,22-,23+/m1/s1. The zero-order chi connectivity index (χ0) is 27.7. The van der Waals surface area contributed by atoms with Crippen LogP contribution in [0.3, 0.4) is 0 Å². The molecule has 3 atom stereocenters. The van der Waals surface area contributed by atoms with Gasteiger partial charge in [0.05, 0.1) is 11.3 Å². The van der Waals surface area contributed by atoms with Crippen molar-refractivity contribution in [3.05, 3.63) is 24.3 Å². The number of hydrogen-bond acceptors (Lipinski definition) is 6. The minimum atomic E-state index is -4.00. The van der Waals surface area contributed by atoms with Crippen LogP contribution in [0.1, 0.15) is 85.0 Å². The maximum Gasteiger partial charge on any atom is 0.244 e. The molecule has 9 heteroatoms. The maximum atomic E-state index is 14.0. The van der Waals surface area contributed by atoms with Gasteiger partial charge < -0.3 is 15.3 Å². The molecule has 1 heterocycles. The van der Waals surface area contributed by atoms with Crippen LogP contribution < -0.4 is 5.32 Å². The van der Waals surface area contributed by atoms with Gasteiger partial charge in [0.15, 0.2) is 9.84 Å². The molecule has 1 saturated heterocycles. The summed E-state index contributed by atoms with van der Waals surface area (Å²) in [6.45, 7) is 6.49. The maximum absolute atomic E-state index is 14.0. The van der Waals surface area contributed by atoms with Crippen molar-refractivity contribution in [2.45, 2.75) is 107 Å². The fourth-order valence-corrected chi connectivity index (χ4v) is 7.90. The van der Waals surface area contributed by atoms with E-state index in [9.17, 15) is 28.4 Å². The molecular formula is C29H41N3O5S. The third-order valence-corrected chi connectivity index (χ3v) is 11.0. The number of carbonyl (C=O) groups is 2. The number of hydrogen-bond donors (Lipinski definition) is 2. The molecule has 2 saturated carbocycles. The summed E-state index contributed by atoms with van der Waals surface area (Å²) in [4.78, 5) is 28.7. The number of nitriles is 1. The number of amides is 2. The van der Waals surface area contributed by atoms with Crippen molar-refractivity contribution in [1.29, 1.82) is 5.26 Å². The topological polar surface area (TPSA) is 128 Å². The molecule has 8 nitrogen and oxygen atoms in total. The lowest BCUT2D eigenvalue weighted by Crippen LogP contribution is -2.50. The molecule has 2 amide bonds. The van der Waals surface area contributed by atoms with Crippen LogP contribution >= 0.6 is 0 Å². The molecule has 1 aliphatic heterocycles. The van der Waals surface area contributed by atoms with E-state index in [0.29, 0.717) is 30.6 Å². The second kappa shape index (κ2) is 10.9. The zero-order valence-corrected chi connectivity index (χ0v) is 23.6. The van der Waals surface area contributed by atoms with Gasteiger partial charge in [0.2, 0.25) is 11.8 Å². The molecule has 0 radical (unpaired) electrons. The lowest BCUT2D eigenvalue weighted by molar-refractivity contribution is -0.142. The van der Waals surface area contributed by atoms with Crippen LogP contribution in [-0.2, 0) is 19.4 Å². The fraction of sp³-hybridized carbons (Fsp3) is 0.690. The van der Waals surface area contributed by atoms with Crippen LogP contribution in [-0.4, -0.2) is 53.6 Å². The van der Waals surface area contributed by atoms with Gasteiger partial charge in [0.25, 0.3) is 0 Å². The molecule has 1 unspecified atom stereocenters. The van der Waals surface area contributed by atoms with Gasteiger partial charge in [-0.05, 0) is 81.3 Å². The van der Waals surface area contributed by atoms with E-state index in [2.05, 4.69) is 25.2 Å². The summed E-state index contributed by atoms with van der Waals surface area (Å²) < 4.78 is 27.1. The van der Waals surface area contributed by atoms with E-state index < -0.39 is 32.6 Å². The molecule has 0 bridgehead atoms. The molecular weight excluding hydrogens is 502 g/mol. The average molecular weight is 544 g/mol. The molecule has 1 aromatic carbocycles. The highest BCUT2D eigenvalue weighted by Crippen LogP contribution is 2.42. The third-order valence-electron chi connectivity index (χ3n) is 8.85. The van der Waals surface area contributed by atoms with E-state index in [4.69, 9.17) is 0 Å². The van der Waals surface area contributed by atoms with Gasteiger partial charge in [-0.15, -0.1) is 0 Å². The number of phenols is 1. The Morgan fingerprint density at radius 1 is 1.18 bits per heavy atom. The van der Waals surface area contributed by atoms with Crippen molar-refractivity contribution in [1.82, 2.24) is 10.2 Å². The Morgan fingerprint density at radius 2 is 1.84 bits per heavy atom. The quantitative estimate of drug-likeness (QED) is 0.477. The van der Waals surface area contributed by atoms with Crippen molar-refractivity contribution in [2.24, 2.45) is 17.3 Å². The summed E-state index contributed by atoms with van der Waals surface area (Å²) in [6.07, 6.45) is 7.65. The molecule has 38 heavy (non-hydrogen) atoms. The zero-order valence-electron chi connectivity index (χ0n) is 22.8. The molecule has 0 spiro atoms. The van der Waals surface area contributed by atoms with Crippen molar-refractivity contribution < 1.29 is 23.1 Å². The Bertz CT molecular complexity index is 1190. The Labute approximate surface area is 226 Å². The normalized spacial score (nSPS) is 25.4. The van der Waals surface area contributed by atoms with E-state index in [1.165, 1.54) is 17.0 Å². The number of sulfone groups is 1. The summed E-state index contributed by atoms with van der Waals surface area (Å²) in [5.74, 6) is -0.828. The first-order chi connectivity index (χ1) is 17.9. The lowest BCUT2D eigenvalue weighted by atomic mass is 9.70. The number of aromatic hydroxyl groups is 1. The second-order valence-electron chi connectivity index (χ2n) is 12.4. The molecule has 4 rings (SSSR count). The van der Waals surface area contributed by atoms with Crippen molar-refractivity contribution in [3.63, 3.8) is 0 Å². The van der Waals surface area contributed by atoms with Gasteiger partial charge in [-0.2, -0.15) is 5.26 Å². The van der Waals surface area contributed by atoms with Crippen LogP contribution in [0, 0.1) is 28.6 Å². The minimum absolute atomic E-state index is 0.0633. The van der Waals surface area contributed by atoms with Gasteiger partial charge in [-0.3, -0.25) is 9.59 Å². The number of likely N-dealkylation sites (tertiary alicyclic amines) is 1. The van der Waals surface area contributed by atoms with Crippen LogP contribution in [0.25, 0.3) is 0 Å². The highest BCUT2D eigenvalue weighted by molar-refractivity contribution is 7.92. The second-order valence-corrected chi connectivity index (χ2v) is 14.6. The highest BCUT2D eigenvalue weighted by Gasteiger charge is 2.51. The number of phenolic OH excluding ortho intramolecular Hbond substituents is 1.